The topological polar surface area (TPSA) is 50.1 Å². The summed E-state index contributed by atoms with van der Waals surface area (Å²) in [6.45, 7) is 4.05. The number of para-hydroxylation sites is 1. The van der Waals surface area contributed by atoms with Crippen LogP contribution >= 0.6 is 12.2 Å². The number of rotatable bonds is 2. The zero-order valence-corrected chi connectivity index (χ0v) is 8.53. The summed E-state index contributed by atoms with van der Waals surface area (Å²) in [5, 5.41) is 0.239. The van der Waals surface area contributed by atoms with Gasteiger partial charge in [0.25, 0.3) is 0 Å². The lowest BCUT2D eigenvalue weighted by Gasteiger charge is -2.12. The summed E-state index contributed by atoms with van der Waals surface area (Å²) in [5.74, 6) is 0. The number of nitrogens with two attached hydrogens (primary N) is 1. The third kappa shape index (κ3) is 2.59. The van der Waals surface area contributed by atoms with Gasteiger partial charge in [0.15, 0.2) is 5.11 Å². The SMILES string of the molecule is Cc1cccc(C)c1NNC(N)=S. The molecule has 0 aliphatic rings. The summed E-state index contributed by atoms with van der Waals surface area (Å²) in [6.07, 6.45) is 0. The molecule has 0 bridgehead atoms. The van der Waals surface area contributed by atoms with Gasteiger partial charge in [0.05, 0.1) is 5.69 Å². The zero-order valence-electron chi connectivity index (χ0n) is 7.72. The Morgan fingerprint density at radius 3 is 2.31 bits per heavy atom. The van der Waals surface area contributed by atoms with Crippen molar-refractivity contribution in [3.63, 3.8) is 0 Å². The van der Waals surface area contributed by atoms with Gasteiger partial charge in [0.2, 0.25) is 0 Å². The summed E-state index contributed by atoms with van der Waals surface area (Å²) < 4.78 is 0. The van der Waals surface area contributed by atoms with Crippen LogP contribution in [0.15, 0.2) is 18.2 Å². The second-order valence-electron chi connectivity index (χ2n) is 2.88. The molecule has 0 aromatic heterocycles. The highest BCUT2D eigenvalue weighted by Gasteiger charge is 1.99. The highest BCUT2D eigenvalue weighted by Crippen LogP contribution is 2.17. The van der Waals surface area contributed by atoms with E-state index in [2.05, 4.69) is 23.1 Å². The molecule has 0 aliphatic heterocycles. The predicted octanol–water partition coefficient (Wildman–Crippen LogP) is 1.46. The molecule has 0 amide bonds. The van der Waals surface area contributed by atoms with Gasteiger partial charge in [0, 0.05) is 0 Å². The fraction of sp³-hybridized carbons (Fsp3) is 0.222. The summed E-state index contributed by atoms with van der Waals surface area (Å²) in [5.41, 5.74) is 14.3. The average Bonchev–Trinajstić information content (AvgIpc) is 2.03. The molecule has 0 saturated heterocycles. The standard InChI is InChI=1S/C9H13N3S/c1-6-4-3-5-7(2)8(6)11-12-9(10)13/h3-5,11H,1-2H3,(H3,10,12,13). The van der Waals surface area contributed by atoms with Gasteiger partial charge >= 0.3 is 0 Å². The number of benzene rings is 1. The van der Waals surface area contributed by atoms with Gasteiger partial charge in [-0.15, -0.1) is 0 Å². The van der Waals surface area contributed by atoms with Gasteiger partial charge in [-0.05, 0) is 37.2 Å². The van der Waals surface area contributed by atoms with Gasteiger partial charge in [0.1, 0.15) is 0 Å². The molecule has 0 fully saturated rings. The first kappa shape index (κ1) is 9.80. The van der Waals surface area contributed by atoms with Crippen molar-refractivity contribution in [2.24, 2.45) is 5.73 Å². The molecule has 0 aliphatic carbocycles. The highest BCUT2D eigenvalue weighted by atomic mass is 32.1. The minimum atomic E-state index is 0.239. The van der Waals surface area contributed by atoms with Gasteiger partial charge in [-0.3, -0.25) is 10.9 Å². The quantitative estimate of drug-likeness (QED) is 0.494. The Morgan fingerprint density at radius 2 is 1.85 bits per heavy atom. The van der Waals surface area contributed by atoms with Gasteiger partial charge in [-0.2, -0.15) is 0 Å². The van der Waals surface area contributed by atoms with Crippen molar-refractivity contribution in [2.75, 3.05) is 5.43 Å². The number of anilines is 1. The molecule has 0 atom stereocenters. The molecule has 13 heavy (non-hydrogen) atoms. The van der Waals surface area contributed by atoms with Crippen LogP contribution in [0.4, 0.5) is 5.69 Å². The molecular weight excluding hydrogens is 182 g/mol. The Balaban J connectivity index is 2.81. The van der Waals surface area contributed by atoms with Crippen LogP contribution in [0.3, 0.4) is 0 Å². The molecule has 0 radical (unpaired) electrons. The van der Waals surface area contributed by atoms with Crippen molar-refractivity contribution < 1.29 is 0 Å². The minimum absolute atomic E-state index is 0.239. The maximum absolute atomic E-state index is 5.30. The summed E-state index contributed by atoms with van der Waals surface area (Å²) in [7, 11) is 0. The van der Waals surface area contributed by atoms with Crippen LogP contribution in [0.2, 0.25) is 0 Å². The molecule has 0 heterocycles. The van der Waals surface area contributed by atoms with Crippen molar-refractivity contribution >= 4 is 23.0 Å². The predicted molar refractivity (Wildman–Crippen MR) is 59.5 cm³/mol. The number of nitrogens with one attached hydrogen (secondary N) is 2. The summed E-state index contributed by atoms with van der Waals surface area (Å²) in [6, 6.07) is 6.06. The Morgan fingerprint density at radius 1 is 1.31 bits per heavy atom. The summed E-state index contributed by atoms with van der Waals surface area (Å²) >= 11 is 4.69. The molecule has 4 N–H and O–H groups in total. The van der Waals surface area contributed by atoms with Gasteiger partial charge < -0.3 is 5.73 Å². The minimum Gasteiger partial charge on any atom is -0.375 e. The van der Waals surface area contributed by atoms with Crippen LogP contribution < -0.4 is 16.6 Å². The fourth-order valence-electron chi connectivity index (χ4n) is 1.14. The highest BCUT2D eigenvalue weighted by molar-refractivity contribution is 7.80. The molecule has 1 aromatic carbocycles. The Labute approximate surface area is 83.3 Å². The molecule has 0 saturated carbocycles. The van der Waals surface area contributed by atoms with Gasteiger partial charge in [-0.1, -0.05) is 18.2 Å². The number of aryl methyl sites for hydroxylation is 2. The molecular formula is C9H13N3S. The van der Waals surface area contributed by atoms with E-state index in [0.717, 1.165) is 16.8 Å². The van der Waals surface area contributed by atoms with E-state index < -0.39 is 0 Å². The zero-order chi connectivity index (χ0) is 9.84. The molecule has 0 unspecified atom stereocenters. The van der Waals surface area contributed by atoms with Gasteiger partial charge in [-0.25, -0.2) is 0 Å². The summed E-state index contributed by atoms with van der Waals surface area (Å²) in [4.78, 5) is 0. The maximum Gasteiger partial charge on any atom is 0.182 e. The largest absolute Gasteiger partial charge is 0.375 e. The van der Waals surface area contributed by atoms with Crippen LogP contribution in [-0.2, 0) is 0 Å². The molecule has 4 heteroatoms. The third-order valence-corrected chi connectivity index (χ3v) is 1.89. The average molecular weight is 195 g/mol. The number of hydrogen-bond acceptors (Lipinski definition) is 2. The number of thiocarbonyl (C=S) groups is 1. The van der Waals surface area contributed by atoms with Crippen molar-refractivity contribution in [3.8, 4) is 0 Å². The molecule has 1 aromatic rings. The Bertz CT molecular complexity index is 302. The van der Waals surface area contributed by atoms with Crippen LogP contribution in [-0.4, -0.2) is 5.11 Å². The Kier molecular flexibility index (Phi) is 3.08. The van der Waals surface area contributed by atoms with E-state index in [1.54, 1.807) is 0 Å². The first-order valence-corrected chi connectivity index (χ1v) is 4.40. The van der Waals surface area contributed by atoms with Crippen molar-refractivity contribution in [3.05, 3.63) is 29.3 Å². The number of hydrazine groups is 1. The third-order valence-electron chi connectivity index (χ3n) is 1.79. The van der Waals surface area contributed by atoms with Crippen molar-refractivity contribution in [2.45, 2.75) is 13.8 Å². The normalized spacial score (nSPS) is 9.38. The van der Waals surface area contributed by atoms with Crippen LogP contribution in [0.1, 0.15) is 11.1 Å². The van der Waals surface area contributed by atoms with E-state index in [-0.39, 0.29) is 5.11 Å². The Hall–Kier alpha value is -1.29. The lowest BCUT2D eigenvalue weighted by Crippen LogP contribution is -2.34. The van der Waals surface area contributed by atoms with E-state index in [1.807, 2.05) is 32.0 Å². The smallest absolute Gasteiger partial charge is 0.182 e. The fourth-order valence-corrected chi connectivity index (χ4v) is 1.19. The van der Waals surface area contributed by atoms with E-state index in [4.69, 9.17) is 5.73 Å². The van der Waals surface area contributed by atoms with E-state index in [0.29, 0.717) is 0 Å². The van der Waals surface area contributed by atoms with Crippen LogP contribution in [0.5, 0.6) is 0 Å². The molecule has 3 nitrogen and oxygen atoms in total. The van der Waals surface area contributed by atoms with Crippen molar-refractivity contribution in [1.82, 2.24) is 5.43 Å². The first-order chi connectivity index (χ1) is 6.11. The second-order valence-corrected chi connectivity index (χ2v) is 3.32. The van der Waals surface area contributed by atoms with Crippen LogP contribution in [0, 0.1) is 13.8 Å². The van der Waals surface area contributed by atoms with Crippen molar-refractivity contribution in [1.29, 1.82) is 0 Å². The van der Waals surface area contributed by atoms with Crippen LogP contribution in [0.25, 0.3) is 0 Å². The van der Waals surface area contributed by atoms with E-state index in [9.17, 15) is 0 Å². The lowest BCUT2D eigenvalue weighted by molar-refractivity contribution is 1.11. The van der Waals surface area contributed by atoms with E-state index >= 15 is 0 Å². The first-order valence-electron chi connectivity index (χ1n) is 3.99. The second kappa shape index (κ2) is 4.09. The molecule has 1 rings (SSSR count). The van der Waals surface area contributed by atoms with E-state index in [1.165, 1.54) is 0 Å². The molecule has 70 valence electrons. The monoisotopic (exact) mass is 195 g/mol. The lowest BCUT2D eigenvalue weighted by atomic mass is 10.1. The molecule has 0 spiro atoms. The maximum atomic E-state index is 5.30. The number of hydrogen-bond donors (Lipinski definition) is 3.